The standard InChI is InChI=1S/C30H31IN2O8S/c1-6-38-21-11-9-18(10-12-21)26-25(29(36)40-8-3)17(4)32-30-33(26)28(35)23(42-30)14-19-13-20(31)15-22(37-5)27(19)41-16-24(34)39-7-2/h9-15,26H,6-8,16H2,1-5H3/b23-14-/t26-/m1/s1. The third kappa shape index (κ3) is 6.70. The number of hydrogen-bond donors (Lipinski definition) is 0. The second kappa shape index (κ2) is 14.0. The zero-order valence-electron chi connectivity index (χ0n) is 23.9. The van der Waals surface area contributed by atoms with Crippen molar-refractivity contribution >= 4 is 51.9 Å². The number of carbonyl (C=O) groups excluding carboxylic acids is 2. The SMILES string of the molecule is CCOC(=O)COc1c(/C=c2\sc3n(c2=O)[C@H](c2ccc(OCC)cc2)C(C(=O)OCC)=C(C)N=3)cc(I)cc1OC. The molecule has 222 valence electrons. The van der Waals surface area contributed by atoms with Gasteiger partial charge >= 0.3 is 11.9 Å². The fourth-order valence-electron chi connectivity index (χ4n) is 4.50. The molecule has 0 spiro atoms. The Balaban J connectivity index is 1.90. The van der Waals surface area contributed by atoms with Gasteiger partial charge < -0.3 is 23.7 Å². The van der Waals surface area contributed by atoms with Crippen molar-refractivity contribution in [1.82, 2.24) is 4.57 Å². The van der Waals surface area contributed by atoms with Crippen molar-refractivity contribution in [2.24, 2.45) is 4.99 Å². The minimum absolute atomic E-state index is 0.180. The molecule has 0 unspecified atom stereocenters. The van der Waals surface area contributed by atoms with Crippen molar-refractivity contribution in [3.05, 3.63) is 82.1 Å². The van der Waals surface area contributed by atoms with E-state index in [2.05, 4.69) is 27.6 Å². The highest BCUT2D eigenvalue weighted by Gasteiger charge is 2.33. The Bertz CT molecular complexity index is 1690. The Kier molecular flexibility index (Phi) is 10.4. The number of esters is 2. The summed E-state index contributed by atoms with van der Waals surface area (Å²) >= 11 is 3.32. The third-order valence-electron chi connectivity index (χ3n) is 6.22. The van der Waals surface area contributed by atoms with Gasteiger partial charge in [-0.05, 0) is 86.2 Å². The molecule has 2 aromatic carbocycles. The average Bonchev–Trinajstić information content (AvgIpc) is 3.26. The quantitative estimate of drug-likeness (QED) is 0.219. The summed E-state index contributed by atoms with van der Waals surface area (Å²) in [5.41, 5.74) is 1.65. The van der Waals surface area contributed by atoms with Crippen LogP contribution in [0, 0.1) is 3.57 Å². The zero-order chi connectivity index (χ0) is 30.4. The predicted octanol–water partition coefficient (Wildman–Crippen LogP) is 3.75. The van der Waals surface area contributed by atoms with Crippen molar-refractivity contribution in [2.75, 3.05) is 33.5 Å². The van der Waals surface area contributed by atoms with Gasteiger partial charge in [0.15, 0.2) is 22.9 Å². The molecule has 0 radical (unpaired) electrons. The second-order valence-corrected chi connectivity index (χ2v) is 11.2. The van der Waals surface area contributed by atoms with Gasteiger partial charge in [-0.2, -0.15) is 0 Å². The Morgan fingerprint density at radius 3 is 2.40 bits per heavy atom. The van der Waals surface area contributed by atoms with E-state index in [0.717, 1.165) is 3.57 Å². The van der Waals surface area contributed by atoms with Crippen molar-refractivity contribution in [3.63, 3.8) is 0 Å². The van der Waals surface area contributed by atoms with Gasteiger partial charge in [-0.15, -0.1) is 0 Å². The number of benzene rings is 2. The van der Waals surface area contributed by atoms with E-state index in [1.165, 1.54) is 23.0 Å². The first kappa shape index (κ1) is 31.3. The highest BCUT2D eigenvalue weighted by Crippen LogP contribution is 2.35. The number of hydrogen-bond acceptors (Lipinski definition) is 10. The van der Waals surface area contributed by atoms with Crippen molar-refractivity contribution in [3.8, 4) is 17.2 Å². The first-order valence-electron chi connectivity index (χ1n) is 13.3. The maximum atomic E-state index is 14.0. The molecular formula is C30H31IN2O8S. The molecule has 2 heterocycles. The maximum absolute atomic E-state index is 14.0. The van der Waals surface area contributed by atoms with Gasteiger partial charge in [-0.3, -0.25) is 9.36 Å². The van der Waals surface area contributed by atoms with E-state index in [1.807, 2.05) is 25.1 Å². The zero-order valence-corrected chi connectivity index (χ0v) is 26.9. The van der Waals surface area contributed by atoms with Crippen LogP contribution in [0.5, 0.6) is 17.2 Å². The van der Waals surface area contributed by atoms with Gasteiger partial charge in [0, 0.05) is 9.13 Å². The lowest BCUT2D eigenvalue weighted by Gasteiger charge is -2.24. The lowest BCUT2D eigenvalue weighted by molar-refractivity contribution is -0.145. The van der Waals surface area contributed by atoms with Crippen LogP contribution >= 0.6 is 33.9 Å². The third-order valence-corrected chi connectivity index (χ3v) is 7.82. The van der Waals surface area contributed by atoms with Gasteiger partial charge in [-0.1, -0.05) is 23.5 Å². The summed E-state index contributed by atoms with van der Waals surface area (Å²) in [4.78, 5) is 44.3. The van der Waals surface area contributed by atoms with Crippen LogP contribution in [-0.4, -0.2) is 50.0 Å². The Labute approximate surface area is 260 Å². The Hall–Kier alpha value is -3.65. The lowest BCUT2D eigenvalue weighted by Crippen LogP contribution is -2.39. The first-order chi connectivity index (χ1) is 20.2. The molecule has 1 aliphatic rings. The molecule has 0 N–H and O–H groups in total. The van der Waals surface area contributed by atoms with Gasteiger partial charge in [0.25, 0.3) is 5.56 Å². The molecule has 0 saturated heterocycles. The molecule has 0 aliphatic carbocycles. The molecule has 42 heavy (non-hydrogen) atoms. The first-order valence-corrected chi connectivity index (χ1v) is 15.2. The van der Waals surface area contributed by atoms with Crippen LogP contribution in [-0.2, 0) is 19.1 Å². The smallest absolute Gasteiger partial charge is 0.344 e. The summed E-state index contributed by atoms with van der Waals surface area (Å²) in [5, 5.41) is 0. The Morgan fingerprint density at radius 1 is 1.05 bits per heavy atom. The van der Waals surface area contributed by atoms with Crippen LogP contribution in [0.2, 0.25) is 0 Å². The molecule has 0 bridgehead atoms. The molecule has 0 amide bonds. The number of ether oxygens (including phenoxy) is 5. The fraction of sp³-hybridized carbons (Fsp3) is 0.333. The number of halogens is 1. The molecule has 10 nitrogen and oxygen atoms in total. The van der Waals surface area contributed by atoms with E-state index in [1.54, 1.807) is 45.0 Å². The molecule has 12 heteroatoms. The summed E-state index contributed by atoms with van der Waals surface area (Å²) in [6, 6.07) is 10.1. The molecule has 1 atom stereocenters. The molecule has 0 fully saturated rings. The number of fused-ring (bicyclic) bond motifs is 1. The summed E-state index contributed by atoms with van der Waals surface area (Å²) in [6.45, 7) is 7.66. The summed E-state index contributed by atoms with van der Waals surface area (Å²) in [7, 11) is 1.50. The van der Waals surface area contributed by atoms with E-state index in [0.29, 0.717) is 50.0 Å². The number of methoxy groups -OCH3 is 1. The second-order valence-electron chi connectivity index (χ2n) is 8.92. The van der Waals surface area contributed by atoms with E-state index < -0.39 is 18.0 Å². The number of nitrogens with zero attached hydrogens (tertiary/aromatic N) is 2. The minimum atomic E-state index is -0.761. The number of aromatic nitrogens is 1. The van der Waals surface area contributed by atoms with Crippen molar-refractivity contribution in [2.45, 2.75) is 33.7 Å². The van der Waals surface area contributed by atoms with Crippen LogP contribution < -0.4 is 29.1 Å². The number of thiazole rings is 1. The highest BCUT2D eigenvalue weighted by molar-refractivity contribution is 14.1. The normalized spacial score (nSPS) is 14.6. The monoisotopic (exact) mass is 706 g/mol. The highest BCUT2D eigenvalue weighted by atomic mass is 127. The maximum Gasteiger partial charge on any atom is 0.344 e. The minimum Gasteiger partial charge on any atom is -0.494 e. The lowest BCUT2D eigenvalue weighted by atomic mass is 9.96. The Morgan fingerprint density at radius 2 is 1.76 bits per heavy atom. The molecule has 3 aromatic rings. The molecule has 1 aliphatic heterocycles. The average molecular weight is 707 g/mol. The van der Waals surface area contributed by atoms with Crippen LogP contribution in [0.25, 0.3) is 6.08 Å². The van der Waals surface area contributed by atoms with E-state index >= 15 is 0 Å². The number of allylic oxidation sites excluding steroid dienone is 1. The van der Waals surface area contributed by atoms with Gasteiger partial charge in [-0.25, -0.2) is 14.6 Å². The van der Waals surface area contributed by atoms with Gasteiger partial charge in [0.05, 0.1) is 48.8 Å². The van der Waals surface area contributed by atoms with Crippen LogP contribution in [0.15, 0.2) is 57.5 Å². The summed E-state index contributed by atoms with van der Waals surface area (Å²) in [6.07, 6.45) is 1.67. The molecule has 1 aromatic heterocycles. The number of rotatable bonds is 11. The molecule has 4 rings (SSSR count). The van der Waals surface area contributed by atoms with Gasteiger partial charge in [0.2, 0.25) is 0 Å². The van der Waals surface area contributed by atoms with Gasteiger partial charge in [0.1, 0.15) is 5.75 Å². The van der Waals surface area contributed by atoms with Crippen molar-refractivity contribution in [1.29, 1.82) is 0 Å². The predicted molar refractivity (Wildman–Crippen MR) is 166 cm³/mol. The van der Waals surface area contributed by atoms with Crippen LogP contribution in [0.4, 0.5) is 0 Å². The summed E-state index contributed by atoms with van der Waals surface area (Å²) in [5.74, 6) is 0.306. The largest absolute Gasteiger partial charge is 0.494 e. The van der Waals surface area contributed by atoms with Crippen LogP contribution in [0.1, 0.15) is 44.9 Å². The topological polar surface area (TPSA) is 115 Å². The van der Waals surface area contributed by atoms with E-state index in [9.17, 15) is 14.4 Å². The fourth-order valence-corrected chi connectivity index (χ4v) is 6.15. The van der Waals surface area contributed by atoms with Crippen LogP contribution in [0.3, 0.4) is 0 Å². The molecule has 0 saturated carbocycles. The van der Waals surface area contributed by atoms with E-state index in [-0.39, 0.29) is 31.0 Å². The number of carbonyl (C=O) groups is 2. The summed E-state index contributed by atoms with van der Waals surface area (Å²) < 4.78 is 30.0. The van der Waals surface area contributed by atoms with E-state index in [4.69, 9.17) is 23.7 Å². The molecular weight excluding hydrogens is 675 g/mol. The van der Waals surface area contributed by atoms with Crippen molar-refractivity contribution < 1.29 is 33.3 Å².